The van der Waals surface area contributed by atoms with E-state index in [0.29, 0.717) is 11.4 Å². The number of aliphatic imine (C=N–C) groups is 1. The van der Waals surface area contributed by atoms with E-state index < -0.39 is 17.9 Å². The lowest BCUT2D eigenvalue weighted by Crippen LogP contribution is -2.47. The molecule has 0 radical (unpaired) electrons. The predicted octanol–water partition coefficient (Wildman–Crippen LogP) is -1.07. The van der Waals surface area contributed by atoms with E-state index in [9.17, 15) is 9.59 Å². The van der Waals surface area contributed by atoms with Crippen molar-refractivity contribution in [2.75, 3.05) is 20.7 Å². The summed E-state index contributed by atoms with van der Waals surface area (Å²) in [6, 6.07) is -0.901. The molecule has 0 aromatic heterocycles. The Morgan fingerprint density at radius 1 is 1.39 bits per heavy atom. The maximum Gasteiger partial charge on any atom is 0.329 e. The van der Waals surface area contributed by atoms with Crippen molar-refractivity contribution in [3.8, 4) is 0 Å². The molecule has 0 aliphatic heterocycles. The van der Waals surface area contributed by atoms with Crippen LogP contribution in [0.4, 0.5) is 0 Å². The third-order valence-electron chi connectivity index (χ3n) is 2.35. The maximum atomic E-state index is 12.0. The Balaban J connectivity index is 5.05. The van der Waals surface area contributed by atoms with Crippen LogP contribution in [0.2, 0.25) is 0 Å². The number of hydrogen-bond donors (Lipinski definition) is 3. The molecule has 7 nitrogen and oxygen atoms in total. The van der Waals surface area contributed by atoms with Gasteiger partial charge in [0.15, 0.2) is 0 Å². The molecule has 7 heteroatoms. The topological polar surface area (TPSA) is 120 Å². The summed E-state index contributed by atoms with van der Waals surface area (Å²) in [6.45, 7) is 3.18. The molecule has 0 spiro atoms. The fourth-order valence-corrected chi connectivity index (χ4v) is 1.33. The van der Waals surface area contributed by atoms with E-state index >= 15 is 0 Å². The van der Waals surface area contributed by atoms with Crippen LogP contribution in [0.1, 0.15) is 13.8 Å². The Labute approximate surface area is 106 Å². The van der Waals surface area contributed by atoms with Gasteiger partial charge in [-0.2, -0.15) is 0 Å². The van der Waals surface area contributed by atoms with E-state index in [4.69, 9.17) is 11.5 Å². The highest BCUT2D eigenvalue weighted by Gasteiger charge is 2.23. The van der Waals surface area contributed by atoms with Gasteiger partial charge in [-0.25, -0.2) is 4.79 Å². The van der Waals surface area contributed by atoms with Crippen LogP contribution < -0.4 is 16.8 Å². The Morgan fingerprint density at radius 2 is 1.94 bits per heavy atom. The lowest BCUT2D eigenvalue weighted by atomic mass is 10.1. The molecule has 5 N–H and O–H groups in total. The SMILES string of the molecule is CN=C(C)C(C(=O)N[C@@H](CN)C(=O)OC)=C(C)N. The number of esters is 1. The number of nitrogens with two attached hydrogens (primary N) is 2. The molecule has 0 aromatic carbocycles. The van der Waals surface area contributed by atoms with E-state index in [0.717, 1.165) is 0 Å². The number of rotatable bonds is 5. The number of nitrogens with one attached hydrogen (secondary N) is 1. The summed E-state index contributed by atoms with van der Waals surface area (Å²) in [4.78, 5) is 27.2. The van der Waals surface area contributed by atoms with Crippen LogP contribution in [0.5, 0.6) is 0 Å². The van der Waals surface area contributed by atoms with E-state index in [1.165, 1.54) is 7.11 Å². The van der Waals surface area contributed by atoms with Gasteiger partial charge in [-0.05, 0) is 13.8 Å². The fourth-order valence-electron chi connectivity index (χ4n) is 1.33. The van der Waals surface area contributed by atoms with Gasteiger partial charge in [-0.3, -0.25) is 9.79 Å². The van der Waals surface area contributed by atoms with Crippen LogP contribution in [-0.4, -0.2) is 44.3 Å². The number of hydrogen-bond acceptors (Lipinski definition) is 6. The summed E-state index contributed by atoms with van der Waals surface area (Å²) in [7, 11) is 2.77. The van der Waals surface area contributed by atoms with Gasteiger partial charge in [-0.15, -0.1) is 0 Å². The van der Waals surface area contributed by atoms with Gasteiger partial charge in [0.1, 0.15) is 6.04 Å². The molecule has 1 amide bonds. The highest BCUT2D eigenvalue weighted by molar-refractivity contribution is 6.21. The largest absolute Gasteiger partial charge is 0.467 e. The third kappa shape index (κ3) is 4.17. The quantitative estimate of drug-likeness (QED) is 0.328. The first-order chi connectivity index (χ1) is 8.38. The van der Waals surface area contributed by atoms with E-state index in [-0.39, 0.29) is 12.1 Å². The Hall–Kier alpha value is -1.89. The molecular formula is C11H20N4O3. The molecule has 0 bridgehead atoms. The highest BCUT2D eigenvalue weighted by atomic mass is 16.5. The number of methoxy groups -OCH3 is 1. The lowest BCUT2D eigenvalue weighted by Gasteiger charge is -2.16. The number of amides is 1. The second-order valence-electron chi connectivity index (χ2n) is 3.65. The molecule has 0 saturated carbocycles. The molecule has 102 valence electrons. The minimum atomic E-state index is -0.901. The molecule has 0 aliphatic carbocycles. The number of nitrogens with zero attached hydrogens (tertiary/aromatic N) is 1. The summed E-state index contributed by atoms with van der Waals surface area (Å²) in [5.41, 5.74) is 12.1. The Kier molecular flexibility index (Phi) is 6.66. The molecule has 0 heterocycles. The molecule has 0 unspecified atom stereocenters. The zero-order valence-electron chi connectivity index (χ0n) is 11.1. The number of ether oxygens (including phenoxy) is 1. The van der Waals surface area contributed by atoms with Gasteiger partial charge >= 0.3 is 5.97 Å². The zero-order valence-corrected chi connectivity index (χ0v) is 11.1. The lowest BCUT2D eigenvalue weighted by molar-refractivity contribution is -0.144. The van der Waals surface area contributed by atoms with Gasteiger partial charge in [-0.1, -0.05) is 0 Å². The first-order valence-electron chi connectivity index (χ1n) is 5.37. The molecule has 18 heavy (non-hydrogen) atoms. The molecule has 0 aromatic rings. The van der Waals surface area contributed by atoms with Crippen molar-refractivity contribution >= 4 is 17.6 Å². The summed E-state index contributed by atoms with van der Waals surface area (Å²) in [5.74, 6) is -1.11. The van der Waals surface area contributed by atoms with Gasteiger partial charge < -0.3 is 21.5 Å². The monoisotopic (exact) mass is 256 g/mol. The summed E-state index contributed by atoms with van der Waals surface area (Å²) >= 11 is 0. The molecule has 0 rings (SSSR count). The highest BCUT2D eigenvalue weighted by Crippen LogP contribution is 2.03. The van der Waals surface area contributed by atoms with Crippen LogP contribution in [0, 0.1) is 0 Å². The van der Waals surface area contributed by atoms with Crippen LogP contribution in [0.25, 0.3) is 0 Å². The fraction of sp³-hybridized carbons (Fsp3) is 0.545. The molecule has 0 saturated heterocycles. The average molecular weight is 256 g/mol. The minimum absolute atomic E-state index is 0.0579. The first-order valence-corrected chi connectivity index (χ1v) is 5.37. The van der Waals surface area contributed by atoms with Crippen LogP contribution >= 0.6 is 0 Å². The van der Waals surface area contributed by atoms with E-state index in [1.54, 1.807) is 20.9 Å². The standard InChI is InChI=1S/C11H20N4O3/c1-6(13)9(7(2)14-3)10(16)15-8(5-12)11(17)18-4/h8H,5,12-13H2,1-4H3,(H,15,16)/t8-/m0/s1. The third-order valence-corrected chi connectivity index (χ3v) is 2.35. The smallest absolute Gasteiger partial charge is 0.329 e. The van der Waals surface area contributed by atoms with Gasteiger partial charge in [0.05, 0.1) is 12.7 Å². The van der Waals surface area contributed by atoms with Crippen molar-refractivity contribution in [1.82, 2.24) is 5.32 Å². The van der Waals surface area contributed by atoms with Crippen molar-refractivity contribution in [2.45, 2.75) is 19.9 Å². The van der Waals surface area contributed by atoms with Crippen molar-refractivity contribution in [3.05, 3.63) is 11.3 Å². The predicted molar refractivity (Wildman–Crippen MR) is 68.9 cm³/mol. The first kappa shape index (κ1) is 16.1. The second kappa shape index (κ2) is 7.44. The number of carbonyl (C=O) groups excluding carboxylic acids is 2. The molecule has 0 fully saturated rings. The molecular weight excluding hydrogens is 236 g/mol. The Bertz CT molecular complexity index is 384. The molecule has 1 atom stereocenters. The van der Waals surface area contributed by atoms with Crippen molar-refractivity contribution in [1.29, 1.82) is 0 Å². The van der Waals surface area contributed by atoms with E-state index in [2.05, 4.69) is 15.0 Å². The van der Waals surface area contributed by atoms with Crippen molar-refractivity contribution in [3.63, 3.8) is 0 Å². The number of allylic oxidation sites excluding steroid dienone is 1. The summed E-state index contributed by atoms with van der Waals surface area (Å²) in [6.07, 6.45) is 0. The Morgan fingerprint density at radius 3 is 2.28 bits per heavy atom. The summed E-state index contributed by atoms with van der Waals surface area (Å²) in [5, 5.41) is 2.46. The maximum absolute atomic E-state index is 12.0. The minimum Gasteiger partial charge on any atom is -0.467 e. The number of carbonyl (C=O) groups is 2. The van der Waals surface area contributed by atoms with Crippen LogP contribution in [0.3, 0.4) is 0 Å². The van der Waals surface area contributed by atoms with Gasteiger partial charge in [0.2, 0.25) is 0 Å². The van der Waals surface area contributed by atoms with Gasteiger partial charge in [0, 0.05) is 25.0 Å². The van der Waals surface area contributed by atoms with Crippen LogP contribution in [-0.2, 0) is 14.3 Å². The second-order valence-corrected chi connectivity index (χ2v) is 3.65. The van der Waals surface area contributed by atoms with Gasteiger partial charge in [0.25, 0.3) is 5.91 Å². The van der Waals surface area contributed by atoms with Crippen molar-refractivity contribution in [2.24, 2.45) is 16.5 Å². The van der Waals surface area contributed by atoms with Crippen molar-refractivity contribution < 1.29 is 14.3 Å². The normalized spacial score (nSPS) is 14.6. The molecule has 0 aliphatic rings. The average Bonchev–Trinajstić information content (AvgIpc) is 2.34. The summed E-state index contributed by atoms with van der Waals surface area (Å²) < 4.78 is 4.52. The van der Waals surface area contributed by atoms with E-state index in [1.807, 2.05) is 0 Å². The van der Waals surface area contributed by atoms with Crippen LogP contribution in [0.15, 0.2) is 16.3 Å². The zero-order chi connectivity index (χ0) is 14.3.